The van der Waals surface area contributed by atoms with Gasteiger partial charge in [-0.05, 0) is 48.5 Å². The third-order valence-corrected chi connectivity index (χ3v) is 6.87. The van der Waals surface area contributed by atoms with Gasteiger partial charge in [-0.25, -0.2) is 19.3 Å². The topological polar surface area (TPSA) is 104 Å². The monoisotopic (exact) mass is 608 g/mol. The van der Waals surface area contributed by atoms with E-state index in [-0.39, 0.29) is 44.6 Å². The zero-order valence-electron chi connectivity index (χ0n) is 21.9. The van der Waals surface area contributed by atoms with Crippen molar-refractivity contribution in [1.82, 2.24) is 24.1 Å². The minimum Gasteiger partial charge on any atom is -0.435 e. The molecule has 0 saturated heterocycles. The van der Waals surface area contributed by atoms with Crippen LogP contribution in [0.4, 0.5) is 23.2 Å². The Hall–Kier alpha value is -5.30. The third kappa shape index (κ3) is 5.14. The second kappa shape index (κ2) is 10.5. The van der Waals surface area contributed by atoms with E-state index in [1.807, 2.05) is 0 Å². The summed E-state index contributed by atoms with van der Waals surface area (Å²) in [6.45, 7) is 0. The first kappa shape index (κ1) is 27.8. The molecule has 43 heavy (non-hydrogen) atoms. The molecule has 1 N–H and O–H groups in total. The summed E-state index contributed by atoms with van der Waals surface area (Å²) >= 11 is 6.21. The fourth-order valence-electron chi connectivity index (χ4n) is 4.48. The van der Waals surface area contributed by atoms with Crippen molar-refractivity contribution in [2.75, 3.05) is 5.32 Å². The van der Waals surface area contributed by atoms with Gasteiger partial charge in [0.2, 0.25) is 11.3 Å². The van der Waals surface area contributed by atoms with Crippen LogP contribution in [0.1, 0.15) is 15.9 Å². The Morgan fingerprint density at radius 1 is 1.00 bits per heavy atom. The maximum Gasteiger partial charge on any atom is 0.416 e. The number of ether oxygens (including phenoxy) is 1. The second-order valence-corrected chi connectivity index (χ2v) is 9.73. The van der Waals surface area contributed by atoms with Crippen molar-refractivity contribution in [2.24, 2.45) is 7.05 Å². The number of nitrogens with one attached hydrogen (secondary N) is 1. The van der Waals surface area contributed by atoms with Gasteiger partial charge in [-0.15, -0.1) is 0 Å². The number of fused-ring (bicyclic) bond motifs is 2. The molecule has 1 amide bonds. The SMILES string of the molecule is Cn1ccc2c(Oc3ccc(NC(=O)c4cn(-c5ccc(C(F)(F)F)cc5Cl)c5ncccc5c4=O)cc3F)ncnc21. The molecule has 14 heteroatoms. The van der Waals surface area contributed by atoms with Gasteiger partial charge in [0.25, 0.3) is 5.91 Å². The zero-order chi connectivity index (χ0) is 30.5. The molecule has 0 spiro atoms. The molecule has 0 fully saturated rings. The van der Waals surface area contributed by atoms with E-state index in [9.17, 15) is 22.8 Å². The van der Waals surface area contributed by atoms with Crippen molar-refractivity contribution < 1.29 is 27.1 Å². The quantitative estimate of drug-likeness (QED) is 0.223. The fraction of sp³-hybridized carbons (Fsp3) is 0.0690. The number of pyridine rings is 2. The minimum absolute atomic E-state index is 0.00666. The molecule has 0 unspecified atom stereocenters. The molecular formula is C29H17ClF4N6O3. The van der Waals surface area contributed by atoms with E-state index in [4.69, 9.17) is 16.3 Å². The highest BCUT2D eigenvalue weighted by Crippen LogP contribution is 2.34. The summed E-state index contributed by atoms with van der Waals surface area (Å²) in [6.07, 6.45) is 0.912. The minimum atomic E-state index is -4.63. The number of rotatable bonds is 5. The second-order valence-electron chi connectivity index (χ2n) is 9.32. The predicted molar refractivity (Wildman–Crippen MR) is 150 cm³/mol. The Labute approximate surface area is 244 Å². The van der Waals surface area contributed by atoms with Crippen LogP contribution in [0.5, 0.6) is 11.6 Å². The standard InChI is InChI=1S/C29H17ClF4N6O3/c1-39-10-8-18-25(39)36-14-37-28(18)43-23-7-5-16(12-21(23)31)38-27(42)19-13-40(26-17(24(19)41)3-2-9-35-26)22-6-4-15(11-20(22)30)29(32,33)34/h2-14H,1H3,(H,38,42). The van der Waals surface area contributed by atoms with E-state index >= 15 is 4.39 Å². The Morgan fingerprint density at radius 2 is 1.81 bits per heavy atom. The van der Waals surface area contributed by atoms with Crippen LogP contribution < -0.4 is 15.5 Å². The molecule has 0 aliphatic heterocycles. The Balaban J connectivity index is 1.33. The van der Waals surface area contributed by atoms with E-state index < -0.39 is 28.9 Å². The van der Waals surface area contributed by atoms with Crippen LogP contribution in [-0.4, -0.2) is 30.0 Å². The van der Waals surface area contributed by atoms with Crippen LogP contribution in [0.2, 0.25) is 5.02 Å². The highest BCUT2D eigenvalue weighted by atomic mass is 35.5. The molecule has 0 aliphatic rings. The molecule has 4 heterocycles. The largest absolute Gasteiger partial charge is 0.435 e. The van der Waals surface area contributed by atoms with E-state index in [0.717, 1.165) is 30.5 Å². The number of benzene rings is 2. The van der Waals surface area contributed by atoms with Crippen molar-refractivity contribution in [2.45, 2.75) is 6.18 Å². The molecule has 0 atom stereocenters. The van der Waals surface area contributed by atoms with Crippen LogP contribution in [0.3, 0.4) is 0 Å². The molecule has 0 radical (unpaired) electrons. The van der Waals surface area contributed by atoms with E-state index in [0.29, 0.717) is 11.0 Å². The summed E-state index contributed by atoms with van der Waals surface area (Å²) in [4.78, 5) is 38.9. The summed E-state index contributed by atoms with van der Waals surface area (Å²) < 4.78 is 63.3. The Bertz CT molecular complexity index is 2130. The molecule has 6 rings (SSSR count). The zero-order valence-corrected chi connectivity index (χ0v) is 22.6. The van der Waals surface area contributed by atoms with E-state index in [1.54, 1.807) is 23.9 Å². The number of aromatic nitrogens is 5. The highest BCUT2D eigenvalue weighted by molar-refractivity contribution is 6.32. The molecule has 216 valence electrons. The molecule has 9 nitrogen and oxygen atoms in total. The normalized spacial score (nSPS) is 11.7. The average molecular weight is 609 g/mol. The first-order valence-electron chi connectivity index (χ1n) is 12.4. The lowest BCUT2D eigenvalue weighted by atomic mass is 10.1. The number of hydrogen-bond acceptors (Lipinski definition) is 6. The van der Waals surface area contributed by atoms with Gasteiger partial charge in [0.05, 0.1) is 27.0 Å². The molecule has 4 aromatic heterocycles. The van der Waals surface area contributed by atoms with Crippen molar-refractivity contribution in [3.63, 3.8) is 0 Å². The van der Waals surface area contributed by atoms with Crippen LogP contribution in [0, 0.1) is 5.82 Å². The van der Waals surface area contributed by atoms with Gasteiger partial charge < -0.3 is 14.6 Å². The van der Waals surface area contributed by atoms with Crippen molar-refractivity contribution >= 4 is 45.3 Å². The number of hydrogen-bond donors (Lipinski definition) is 1. The fourth-order valence-corrected chi connectivity index (χ4v) is 4.76. The molecule has 2 aromatic carbocycles. The number of alkyl halides is 3. The van der Waals surface area contributed by atoms with Gasteiger partial charge in [-0.3, -0.25) is 14.2 Å². The number of aryl methyl sites for hydroxylation is 1. The van der Waals surface area contributed by atoms with E-state index in [2.05, 4.69) is 20.3 Å². The van der Waals surface area contributed by atoms with Gasteiger partial charge in [0.15, 0.2) is 11.6 Å². The van der Waals surface area contributed by atoms with Crippen LogP contribution in [0.15, 0.2) is 84.3 Å². The lowest BCUT2D eigenvalue weighted by molar-refractivity contribution is -0.137. The van der Waals surface area contributed by atoms with Gasteiger partial charge in [-0.1, -0.05) is 11.6 Å². The van der Waals surface area contributed by atoms with Crippen molar-refractivity contribution in [3.8, 4) is 17.3 Å². The van der Waals surface area contributed by atoms with Gasteiger partial charge in [-0.2, -0.15) is 13.2 Å². The number of carbonyl (C=O) groups excluding carboxylic acids is 1. The Kier molecular flexibility index (Phi) is 6.81. The van der Waals surface area contributed by atoms with Crippen molar-refractivity contribution in [3.05, 3.63) is 112 Å². The van der Waals surface area contributed by atoms with Crippen molar-refractivity contribution in [1.29, 1.82) is 0 Å². The number of amides is 1. The molecular weight excluding hydrogens is 592 g/mol. The molecule has 6 aromatic rings. The van der Waals surface area contributed by atoms with Crippen LogP contribution in [-0.2, 0) is 13.2 Å². The Morgan fingerprint density at radius 3 is 2.56 bits per heavy atom. The molecule has 0 aliphatic carbocycles. The maximum atomic E-state index is 15.0. The molecule has 0 saturated carbocycles. The summed E-state index contributed by atoms with van der Waals surface area (Å²) in [7, 11) is 1.79. The molecule has 0 bridgehead atoms. The van der Waals surface area contributed by atoms with Crippen LogP contribution in [0.25, 0.3) is 27.8 Å². The maximum absolute atomic E-state index is 15.0. The number of nitrogens with zero attached hydrogens (tertiary/aromatic N) is 5. The summed E-state index contributed by atoms with van der Waals surface area (Å²) in [5.74, 6) is -1.76. The smallest absolute Gasteiger partial charge is 0.416 e. The lowest BCUT2D eigenvalue weighted by Gasteiger charge is -2.16. The van der Waals surface area contributed by atoms with Gasteiger partial charge >= 0.3 is 6.18 Å². The van der Waals surface area contributed by atoms with Gasteiger partial charge in [0, 0.05) is 37.4 Å². The predicted octanol–water partition coefficient (Wildman–Crippen LogP) is 6.52. The number of anilines is 1. The summed E-state index contributed by atoms with van der Waals surface area (Å²) in [6, 6.07) is 10.9. The summed E-state index contributed by atoms with van der Waals surface area (Å²) in [5.41, 5.74) is -1.34. The third-order valence-electron chi connectivity index (χ3n) is 6.56. The highest BCUT2D eigenvalue weighted by Gasteiger charge is 2.31. The van der Waals surface area contributed by atoms with E-state index in [1.165, 1.54) is 41.4 Å². The van der Waals surface area contributed by atoms with Gasteiger partial charge in [0.1, 0.15) is 23.2 Å². The number of halogens is 5. The first-order valence-corrected chi connectivity index (χ1v) is 12.8. The summed E-state index contributed by atoms with van der Waals surface area (Å²) in [5, 5.41) is 2.76. The first-order chi connectivity index (χ1) is 20.5. The van der Waals surface area contributed by atoms with Crippen LogP contribution >= 0.6 is 11.6 Å². The number of carbonyl (C=O) groups is 1. The lowest BCUT2D eigenvalue weighted by Crippen LogP contribution is -2.24. The average Bonchev–Trinajstić information content (AvgIpc) is 3.36.